The summed E-state index contributed by atoms with van der Waals surface area (Å²) in [6, 6.07) is 1.63. The number of hydrogen-bond acceptors (Lipinski definition) is 4. The van der Waals surface area contributed by atoms with E-state index in [-0.39, 0.29) is 18.5 Å². The van der Waals surface area contributed by atoms with Crippen molar-refractivity contribution in [2.45, 2.75) is 12.8 Å². The Balaban J connectivity index is 2.09. The number of carbonyl (C=O) groups is 1. The van der Waals surface area contributed by atoms with E-state index in [2.05, 4.69) is 10.3 Å². The number of rotatable bonds is 5. The highest BCUT2D eigenvalue weighted by molar-refractivity contribution is 7.13. The number of benzene rings is 1. The number of nitrogens with one attached hydrogen (secondary N) is 1. The third-order valence-corrected chi connectivity index (χ3v) is 3.19. The molecule has 0 unspecified atom stereocenters. The summed E-state index contributed by atoms with van der Waals surface area (Å²) in [5.41, 5.74) is 0.587. The Labute approximate surface area is 115 Å². The van der Waals surface area contributed by atoms with Crippen LogP contribution in [0.1, 0.15) is 12.1 Å². The van der Waals surface area contributed by atoms with Gasteiger partial charge in [0.15, 0.2) is 22.6 Å². The van der Waals surface area contributed by atoms with Crippen LogP contribution in [0.3, 0.4) is 0 Å². The maximum absolute atomic E-state index is 13.0. The first-order chi connectivity index (χ1) is 9.45. The van der Waals surface area contributed by atoms with Crippen molar-refractivity contribution < 1.29 is 23.1 Å². The van der Waals surface area contributed by atoms with Crippen molar-refractivity contribution >= 4 is 28.1 Å². The maximum Gasteiger partial charge on any atom is 0.303 e. The molecule has 1 aromatic heterocycles. The summed E-state index contributed by atoms with van der Waals surface area (Å²) in [6.07, 6.45) is 0.211. The van der Waals surface area contributed by atoms with E-state index in [1.165, 1.54) is 0 Å². The normalized spacial score (nSPS) is 10.6. The molecule has 2 rings (SSSR count). The molecule has 0 radical (unpaired) electrons. The summed E-state index contributed by atoms with van der Waals surface area (Å²) in [5.74, 6) is -5.06. The molecule has 2 N–H and O–H groups in total. The van der Waals surface area contributed by atoms with E-state index in [4.69, 9.17) is 5.11 Å². The monoisotopic (exact) mass is 302 g/mol. The average Bonchev–Trinajstić information content (AvgIpc) is 2.81. The highest BCUT2D eigenvalue weighted by Gasteiger charge is 2.11. The van der Waals surface area contributed by atoms with Crippen molar-refractivity contribution in [3.63, 3.8) is 0 Å². The topological polar surface area (TPSA) is 62.2 Å². The molecule has 0 saturated heterocycles. The zero-order valence-corrected chi connectivity index (χ0v) is 10.8. The molecule has 0 fully saturated rings. The van der Waals surface area contributed by atoms with Crippen molar-refractivity contribution in [2.24, 2.45) is 0 Å². The molecule has 0 spiro atoms. The molecular weight excluding hydrogens is 293 g/mol. The Morgan fingerprint density at radius 3 is 2.55 bits per heavy atom. The van der Waals surface area contributed by atoms with Crippen LogP contribution in [-0.4, -0.2) is 16.1 Å². The third kappa shape index (κ3) is 3.47. The average molecular weight is 302 g/mol. The van der Waals surface area contributed by atoms with Crippen LogP contribution in [0.4, 0.5) is 24.0 Å². The number of thiazole rings is 1. The first kappa shape index (κ1) is 14.3. The van der Waals surface area contributed by atoms with Gasteiger partial charge in [0.25, 0.3) is 0 Å². The molecule has 0 bridgehead atoms. The number of aromatic nitrogens is 1. The summed E-state index contributed by atoms with van der Waals surface area (Å²) in [6.45, 7) is 0. The van der Waals surface area contributed by atoms with E-state index in [1.807, 2.05) is 0 Å². The fraction of sp³-hybridized carbons (Fsp3) is 0.167. The van der Waals surface area contributed by atoms with Crippen molar-refractivity contribution in [1.29, 1.82) is 0 Å². The van der Waals surface area contributed by atoms with Gasteiger partial charge in [-0.2, -0.15) is 0 Å². The number of hydrogen-bond donors (Lipinski definition) is 2. The maximum atomic E-state index is 13.0. The molecule has 0 aliphatic rings. The van der Waals surface area contributed by atoms with Crippen LogP contribution in [-0.2, 0) is 11.2 Å². The van der Waals surface area contributed by atoms with Crippen LogP contribution in [0.2, 0.25) is 0 Å². The molecule has 0 saturated carbocycles. The van der Waals surface area contributed by atoms with Gasteiger partial charge in [0.1, 0.15) is 0 Å². The van der Waals surface area contributed by atoms with E-state index in [0.717, 1.165) is 23.5 Å². The van der Waals surface area contributed by atoms with Gasteiger partial charge in [0.2, 0.25) is 0 Å². The number of aliphatic carboxylic acids is 1. The Bertz CT molecular complexity index is 622. The first-order valence-electron chi connectivity index (χ1n) is 5.53. The fourth-order valence-corrected chi connectivity index (χ4v) is 2.23. The van der Waals surface area contributed by atoms with Gasteiger partial charge in [0.05, 0.1) is 12.1 Å². The zero-order chi connectivity index (χ0) is 14.7. The lowest BCUT2D eigenvalue weighted by Gasteiger charge is -2.03. The molecular formula is C12H9F3N2O2S. The lowest BCUT2D eigenvalue weighted by molar-refractivity contribution is -0.136. The highest BCUT2D eigenvalue weighted by atomic mass is 32.1. The van der Waals surface area contributed by atoms with E-state index < -0.39 is 23.4 Å². The standard InChI is InChI=1S/C12H9F3N2O2S/c13-8-3-7(4-9(14)11(8)15)17-12-16-6(5-20-12)1-2-10(18)19/h3-5H,1-2H2,(H,16,17)(H,18,19). The molecule has 1 aromatic carbocycles. The van der Waals surface area contributed by atoms with Gasteiger partial charge in [-0.15, -0.1) is 11.3 Å². The smallest absolute Gasteiger partial charge is 0.303 e. The SMILES string of the molecule is O=C(O)CCc1csc(Nc2cc(F)c(F)c(F)c2)n1. The van der Waals surface area contributed by atoms with E-state index in [9.17, 15) is 18.0 Å². The minimum absolute atomic E-state index is 0.0283. The first-order valence-corrected chi connectivity index (χ1v) is 6.41. The Hall–Kier alpha value is -2.09. The molecule has 1 heterocycles. The molecule has 0 aliphatic carbocycles. The van der Waals surface area contributed by atoms with E-state index in [1.54, 1.807) is 5.38 Å². The summed E-state index contributed by atoms with van der Waals surface area (Å²) in [7, 11) is 0. The predicted octanol–water partition coefficient (Wildman–Crippen LogP) is 3.32. The molecule has 4 nitrogen and oxygen atoms in total. The third-order valence-electron chi connectivity index (χ3n) is 2.38. The lowest BCUT2D eigenvalue weighted by Crippen LogP contribution is -1.98. The van der Waals surface area contributed by atoms with Crippen LogP contribution in [0.25, 0.3) is 0 Å². The largest absolute Gasteiger partial charge is 0.481 e. The van der Waals surface area contributed by atoms with E-state index in [0.29, 0.717) is 10.8 Å². The van der Waals surface area contributed by atoms with Gasteiger partial charge in [0, 0.05) is 29.6 Å². The van der Waals surface area contributed by atoms with Crippen LogP contribution >= 0.6 is 11.3 Å². The number of aryl methyl sites for hydroxylation is 1. The molecule has 106 valence electrons. The number of carboxylic acids is 1. The molecule has 20 heavy (non-hydrogen) atoms. The molecule has 0 aliphatic heterocycles. The Morgan fingerprint density at radius 1 is 1.30 bits per heavy atom. The second-order valence-electron chi connectivity index (χ2n) is 3.92. The second-order valence-corrected chi connectivity index (χ2v) is 4.77. The number of nitrogens with zero attached hydrogens (tertiary/aromatic N) is 1. The van der Waals surface area contributed by atoms with Crippen LogP contribution < -0.4 is 5.32 Å². The zero-order valence-electron chi connectivity index (χ0n) is 9.99. The molecule has 0 amide bonds. The second kappa shape index (κ2) is 5.91. The predicted molar refractivity (Wildman–Crippen MR) is 67.7 cm³/mol. The van der Waals surface area contributed by atoms with Crippen molar-refractivity contribution in [3.05, 3.63) is 40.7 Å². The van der Waals surface area contributed by atoms with Gasteiger partial charge in [-0.05, 0) is 0 Å². The van der Waals surface area contributed by atoms with Gasteiger partial charge in [-0.3, -0.25) is 4.79 Å². The van der Waals surface area contributed by atoms with Crippen molar-refractivity contribution in [2.75, 3.05) is 5.32 Å². The summed E-state index contributed by atoms with van der Waals surface area (Å²) in [5, 5.41) is 13.2. The molecule has 0 atom stereocenters. The van der Waals surface area contributed by atoms with Crippen molar-refractivity contribution in [3.8, 4) is 0 Å². The minimum Gasteiger partial charge on any atom is -0.481 e. The number of halogens is 3. The van der Waals surface area contributed by atoms with E-state index >= 15 is 0 Å². The van der Waals surface area contributed by atoms with Crippen molar-refractivity contribution in [1.82, 2.24) is 4.98 Å². The minimum atomic E-state index is -1.53. The van der Waals surface area contributed by atoms with Crippen LogP contribution in [0.5, 0.6) is 0 Å². The quantitative estimate of drug-likeness (QED) is 0.832. The highest BCUT2D eigenvalue weighted by Crippen LogP contribution is 2.24. The molecule has 8 heteroatoms. The van der Waals surface area contributed by atoms with Gasteiger partial charge >= 0.3 is 5.97 Å². The van der Waals surface area contributed by atoms with Gasteiger partial charge in [-0.25, -0.2) is 18.2 Å². The number of carboxylic acid groups (broad SMARTS) is 1. The summed E-state index contributed by atoms with van der Waals surface area (Å²) in [4.78, 5) is 14.5. The summed E-state index contributed by atoms with van der Waals surface area (Å²) >= 11 is 1.16. The van der Waals surface area contributed by atoms with Gasteiger partial charge in [-0.1, -0.05) is 0 Å². The molecule has 2 aromatic rings. The lowest BCUT2D eigenvalue weighted by atomic mass is 10.2. The number of anilines is 2. The van der Waals surface area contributed by atoms with Crippen LogP contribution in [0, 0.1) is 17.5 Å². The Morgan fingerprint density at radius 2 is 1.95 bits per heavy atom. The van der Waals surface area contributed by atoms with Gasteiger partial charge < -0.3 is 10.4 Å². The Kier molecular flexibility index (Phi) is 4.23. The van der Waals surface area contributed by atoms with Crippen LogP contribution in [0.15, 0.2) is 17.5 Å². The summed E-state index contributed by atoms with van der Waals surface area (Å²) < 4.78 is 38.8. The fourth-order valence-electron chi connectivity index (χ4n) is 1.47.